The van der Waals surface area contributed by atoms with E-state index < -0.39 is 0 Å². The Labute approximate surface area is 134 Å². The lowest BCUT2D eigenvalue weighted by atomic mass is 10.1. The normalized spacial score (nSPS) is 19.0. The number of hydrogen-bond acceptors (Lipinski definition) is 3. The fraction of sp³-hybridized carbons (Fsp3) is 0.562. The number of amides is 1. The summed E-state index contributed by atoms with van der Waals surface area (Å²) in [5, 5.41) is 0.819. The van der Waals surface area contributed by atoms with Crippen LogP contribution in [0.15, 0.2) is 18.2 Å². The van der Waals surface area contributed by atoms with Crippen LogP contribution in [0.4, 0.5) is 0 Å². The number of ether oxygens (including phenoxy) is 2. The monoisotopic (exact) mass is 355 g/mol. The van der Waals surface area contributed by atoms with Crippen LogP contribution in [0, 0.1) is 0 Å². The van der Waals surface area contributed by atoms with Gasteiger partial charge in [0.25, 0.3) is 5.91 Å². The van der Waals surface area contributed by atoms with E-state index in [1.807, 2.05) is 4.90 Å². The van der Waals surface area contributed by atoms with Crippen molar-refractivity contribution >= 4 is 21.8 Å². The highest BCUT2D eigenvalue weighted by Gasteiger charge is 2.26. The summed E-state index contributed by atoms with van der Waals surface area (Å²) in [6.07, 6.45) is 4.49. The van der Waals surface area contributed by atoms with Crippen molar-refractivity contribution in [2.75, 3.05) is 26.1 Å². The second-order valence-electron chi connectivity index (χ2n) is 5.26. The van der Waals surface area contributed by atoms with Gasteiger partial charge in [0, 0.05) is 29.5 Å². The number of likely N-dealkylation sites (tertiary alicyclic amines) is 1. The van der Waals surface area contributed by atoms with E-state index in [1.54, 1.807) is 32.4 Å². The van der Waals surface area contributed by atoms with Crippen LogP contribution in [0.25, 0.3) is 0 Å². The Hall–Kier alpha value is -1.23. The number of benzene rings is 1. The van der Waals surface area contributed by atoms with Gasteiger partial charge < -0.3 is 14.4 Å². The highest BCUT2D eigenvalue weighted by atomic mass is 79.9. The van der Waals surface area contributed by atoms with Gasteiger partial charge in [-0.2, -0.15) is 0 Å². The molecule has 4 nitrogen and oxygen atoms in total. The molecule has 1 fully saturated rings. The van der Waals surface area contributed by atoms with Gasteiger partial charge in [-0.05, 0) is 25.0 Å². The summed E-state index contributed by atoms with van der Waals surface area (Å²) >= 11 is 3.54. The maximum Gasteiger partial charge on any atom is 0.254 e. The van der Waals surface area contributed by atoms with Gasteiger partial charge in [0.05, 0.1) is 14.2 Å². The summed E-state index contributed by atoms with van der Waals surface area (Å²) in [4.78, 5) is 14.8. The first-order valence-corrected chi connectivity index (χ1v) is 8.41. The number of carbonyl (C=O) groups is 1. The summed E-state index contributed by atoms with van der Waals surface area (Å²) in [5.41, 5.74) is 0.624. The molecule has 1 amide bonds. The van der Waals surface area contributed by atoms with Crippen LogP contribution >= 0.6 is 15.9 Å². The van der Waals surface area contributed by atoms with E-state index in [1.165, 1.54) is 12.8 Å². The molecule has 1 aliphatic rings. The van der Waals surface area contributed by atoms with Crippen molar-refractivity contribution in [1.29, 1.82) is 0 Å². The Kier molecular flexibility index (Phi) is 5.91. The molecule has 0 saturated carbocycles. The highest BCUT2D eigenvalue weighted by Crippen LogP contribution is 2.26. The minimum absolute atomic E-state index is 0.0542. The zero-order valence-corrected chi connectivity index (χ0v) is 14.2. The predicted octanol–water partition coefficient (Wildman–Crippen LogP) is 3.48. The molecule has 1 aromatic carbocycles. The van der Waals surface area contributed by atoms with Crippen molar-refractivity contribution in [1.82, 2.24) is 4.90 Å². The van der Waals surface area contributed by atoms with Gasteiger partial charge in [-0.1, -0.05) is 28.8 Å². The average molecular weight is 356 g/mol. The third-order valence-electron chi connectivity index (χ3n) is 3.91. The second kappa shape index (κ2) is 7.69. The van der Waals surface area contributed by atoms with Crippen LogP contribution < -0.4 is 9.47 Å². The molecule has 1 aromatic rings. The predicted molar refractivity (Wildman–Crippen MR) is 86.6 cm³/mol. The fourth-order valence-corrected chi connectivity index (χ4v) is 3.38. The SMILES string of the molecule is COc1cc(OC)cc(C(=O)N2CCCCCC2CBr)c1. The first-order valence-electron chi connectivity index (χ1n) is 7.29. The number of rotatable bonds is 4. The van der Waals surface area contributed by atoms with Gasteiger partial charge in [-0.15, -0.1) is 0 Å². The first-order chi connectivity index (χ1) is 10.2. The lowest BCUT2D eigenvalue weighted by molar-refractivity contribution is 0.0701. The number of halogens is 1. The highest BCUT2D eigenvalue weighted by molar-refractivity contribution is 9.09. The lowest BCUT2D eigenvalue weighted by Crippen LogP contribution is -2.41. The van der Waals surface area contributed by atoms with Crippen LogP contribution in [-0.4, -0.2) is 42.9 Å². The fourth-order valence-electron chi connectivity index (χ4n) is 2.70. The zero-order valence-electron chi connectivity index (χ0n) is 12.6. The van der Waals surface area contributed by atoms with Gasteiger partial charge in [0.15, 0.2) is 0 Å². The van der Waals surface area contributed by atoms with Crippen LogP contribution in [0.2, 0.25) is 0 Å². The van der Waals surface area contributed by atoms with Crippen molar-refractivity contribution < 1.29 is 14.3 Å². The molecular weight excluding hydrogens is 334 g/mol. The smallest absolute Gasteiger partial charge is 0.254 e. The molecule has 2 rings (SSSR count). The van der Waals surface area contributed by atoms with Crippen molar-refractivity contribution in [2.24, 2.45) is 0 Å². The topological polar surface area (TPSA) is 38.8 Å². The number of methoxy groups -OCH3 is 2. The van der Waals surface area contributed by atoms with E-state index in [9.17, 15) is 4.79 Å². The van der Waals surface area contributed by atoms with Crippen molar-refractivity contribution in [2.45, 2.75) is 31.7 Å². The van der Waals surface area contributed by atoms with Gasteiger partial charge >= 0.3 is 0 Å². The molecule has 1 atom stereocenters. The van der Waals surface area contributed by atoms with Gasteiger partial charge in [-0.25, -0.2) is 0 Å². The molecule has 116 valence electrons. The molecule has 0 N–H and O–H groups in total. The summed E-state index contributed by atoms with van der Waals surface area (Å²) in [6, 6.07) is 5.60. The number of alkyl halides is 1. The zero-order chi connectivity index (χ0) is 15.2. The van der Waals surface area contributed by atoms with Crippen LogP contribution in [0.3, 0.4) is 0 Å². The molecule has 5 heteroatoms. The Bertz CT molecular complexity index is 470. The maximum absolute atomic E-state index is 12.9. The molecule has 1 unspecified atom stereocenters. The van der Waals surface area contributed by atoms with E-state index in [4.69, 9.17) is 9.47 Å². The third kappa shape index (κ3) is 3.90. The molecular formula is C16H22BrNO3. The Morgan fingerprint density at radius 1 is 1.19 bits per heavy atom. The van der Waals surface area contributed by atoms with Crippen molar-refractivity contribution in [3.8, 4) is 11.5 Å². The van der Waals surface area contributed by atoms with E-state index in [-0.39, 0.29) is 11.9 Å². The summed E-state index contributed by atoms with van der Waals surface area (Å²) < 4.78 is 10.5. The maximum atomic E-state index is 12.9. The molecule has 0 radical (unpaired) electrons. The molecule has 1 heterocycles. The Balaban J connectivity index is 2.28. The molecule has 0 spiro atoms. The van der Waals surface area contributed by atoms with E-state index >= 15 is 0 Å². The van der Waals surface area contributed by atoms with Crippen LogP contribution in [0.1, 0.15) is 36.0 Å². The third-order valence-corrected chi connectivity index (χ3v) is 4.66. The van der Waals surface area contributed by atoms with Crippen molar-refractivity contribution in [3.05, 3.63) is 23.8 Å². The molecule has 21 heavy (non-hydrogen) atoms. The summed E-state index contributed by atoms with van der Waals surface area (Å²) in [6.45, 7) is 0.814. The quantitative estimate of drug-likeness (QED) is 0.776. The molecule has 1 aliphatic heterocycles. The van der Waals surface area contributed by atoms with Gasteiger partial charge in [-0.3, -0.25) is 4.79 Å². The Morgan fingerprint density at radius 2 is 1.86 bits per heavy atom. The average Bonchev–Trinajstić information content (AvgIpc) is 2.78. The van der Waals surface area contributed by atoms with E-state index in [2.05, 4.69) is 15.9 Å². The second-order valence-corrected chi connectivity index (χ2v) is 5.90. The largest absolute Gasteiger partial charge is 0.497 e. The number of nitrogens with zero attached hydrogens (tertiary/aromatic N) is 1. The molecule has 1 saturated heterocycles. The van der Waals surface area contributed by atoms with Gasteiger partial charge in [0.1, 0.15) is 11.5 Å². The standard InChI is InChI=1S/C16H22BrNO3/c1-20-14-8-12(9-15(10-14)21-2)16(19)18-7-5-3-4-6-13(18)11-17/h8-10,13H,3-7,11H2,1-2H3. The minimum atomic E-state index is 0.0542. The molecule has 0 bridgehead atoms. The van der Waals surface area contributed by atoms with Crippen molar-refractivity contribution in [3.63, 3.8) is 0 Å². The summed E-state index contributed by atoms with van der Waals surface area (Å²) in [5.74, 6) is 1.34. The van der Waals surface area contributed by atoms with E-state index in [0.29, 0.717) is 17.1 Å². The number of hydrogen-bond donors (Lipinski definition) is 0. The first kappa shape index (κ1) is 16.1. The number of carbonyl (C=O) groups excluding carboxylic acids is 1. The van der Waals surface area contributed by atoms with Crippen LogP contribution in [0.5, 0.6) is 11.5 Å². The minimum Gasteiger partial charge on any atom is -0.497 e. The van der Waals surface area contributed by atoms with Gasteiger partial charge in [0.2, 0.25) is 0 Å². The van der Waals surface area contributed by atoms with E-state index in [0.717, 1.165) is 24.7 Å². The van der Waals surface area contributed by atoms with Crippen LogP contribution in [-0.2, 0) is 0 Å². The molecule has 0 aromatic heterocycles. The molecule has 0 aliphatic carbocycles. The summed E-state index contributed by atoms with van der Waals surface area (Å²) in [7, 11) is 3.19. The lowest BCUT2D eigenvalue weighted by Gasteiger charge is -2.29. The Morgan fingerprint density at radius 3 is 2.43 bits per heavy atom.